The number of thiazole rings is 1. The van der Waals surface area contributed by atoms with Gasteiger partial charge >= 0.3 is 0 Å². The van der Waals surface area contributed by atoms with Crippen molar-refractivity contribution in [1.82, 2.24) is 20.1 Å². The largest absolute Gasteiger partial charge is 0.493 e. The first-order valence-electron chi connectivity index (χ1n) is 9.36. The minimum atomic E-state index is 0.197. The third-order valence-corrected chi connectivity index (χ3v) is 5.99. The fraction of sp³-hybridized carbons (Fsp3) is 0.429. The first-order valence-corrected chi connectivity index (χ1v) is 10.2. The van der Waals surface area contributed by atoms with Crippen LogP contribution < -0.4 is 14.2 Å². The maximum Gasteiger partial charge on any atom is 0.203 e. The van der Waals surface area contributed by atoms with Crippen molar-refractivity contribution < 1.29 is 14.2 Å². The molecule has 0 radical (unpaired) electrons. The number of aryl methyl sites for hydroxylation is 2. The Kier molecular flexibility index (Phi) is 6.44. The highest BCUT2D eigenvalue weighted by Gasteiger charge is 2.21. The molecule has 0 aliphatic heterocycles. The van der Waals surface area contributed by atoms with Crippen molar-refractivity contribution >= 4 is 11.3 Å². The highest BCUT2D eigenvalue weighted by atomic mass is 32.1. The highest BCUT2D eigenvalue weighted by Crippen LogP contribution is 2.41. The van der Waals surface area contributed by atoms with E-state index in [1.54, 1.807) is 32.7 Å². The van der Waals surface area contributed by atoms with E-state index in [-0.39, 0.29) is 6.04 Å². The summed E-state index contributed by atoms with van der Waals surface area (Å²) >= 11 is 1.74. The number of nitrogens with one attached hydrogen (secondary N) is 1. The zero-order valence-corrected chi connectivity index (χ0v) is 18.8. The van der Waals surface area contributed by atoms with Crippen LogP contribution in [0.3, 0.4) is 0 Å². The van der Waals surface area contributed by atoms with E-state index in [1.807, 2.05) is 25.3 Å². The summed E-state index contributed by atoms with van der Waals surface area (Å²) in [5.74, 6) is 1.79. The van der Waals surface area contributed by atoms with Crippen LogP contribution in [0.1, 0.15) is 34.1 Å². The van der Waals surface area contributed by atoms with Crippen LogP contribution in [-0.2, 0) is 6.54 Å². The summed E-state index contributed by atoms with van der Waals surface area (Å²) in [5, 5.41) is 8.50. The molecular weight excluding hydrogens is 388 g/mol. The van der Waals surface area contributed by atoms with Crippen LogP contribution in [-0.4, -0.2) is 48.5 Å². The van der Waals surface area contributed by atoms with Crippen LogP contribution >= 0.6 is 11.3 Å². The average Bonchev–Trinajstić information content (AvgIpc) is 3.31. The summed E-state index contributed by atoms with van der Waals surface area (Å²) in [4.78, 5) is 8.25. The van der Waals surface area contributed by atoms with Gasteiger partial charge in [-0.3, -0.25) is 10.00 Å². The summed E-state index contributed by atoms with van der Waals surface area (Å²) in [6.45, 7) is 7.08. The predicted octanol–water partition coefficient (Wildman–Crippen LogP) is 4.37. The molecule has 0 saturated heterocycles. The fourth-order valence-electron chi connectivity index (χ4n) is 3.45. The van der Waals surface area contributed by atoms with Gasteiger partial charge in [0.1, 0.15) is 0 Å². The molecule has 0 saturated carbocycles. The molecule has 0 aliphatic rings. The van der Waals surface area contributed by atoms with Gasteiger partial charge in [-0.15, -0.1) is 11.3 Å². The van der Waals surface area contributed by atoms with Gasteiger partial charge in [-0.1, -0.05) is 0 Å². The lowest BCUT2D eigenvalue weighted by atomic mass is 10.1. The van der Waals surface area contributed by atoms with Crippen molar-refractivity contribution in [3.63, 3.8) is 0 Å². The standard InChI is InChI=1S/C21H28N4O3S/c1-12(19-13(2)29-14(3)23-19)25(4)11-16-10-22-24-20(16)15-8-17(26-5)21(28-7)18(9-15)27-6/h8-10,12H,11H2,1-7H3,(H,22,24)/t12-/m0/s1. The quantitative estimate of drug-likeness (QED) is 0.588. The SMILES string of the molecule is COc1cc(-c2[nH]ncc2CN(C)[C@@H](C)c2nc(C)sc2C)cc(OC)c1OC. The second-order valence-corrected chi connectivity index (χ2v) is 8.36. The smallest absolute Gasteiger partial charge is 0.203 e. The van der Waals surface area contributed by atoms with E-state index in [0.717, 1.165) is 34.1 Å². The molecule has 8 heteroatoms. The number of methoxy groups -OCH3 is 3. The van der Waals surface area contributed by atoms with Gasteiger partial charge < -0.3 is 14.2 Å². The Balaban J connectivity index is 1.90. The Labute approximate surface area is 175 Å². The molecule has 0 aliphatic carbocycles. The lowest BCUT2D eigenvalue weighted by Gasteiger charge is -2.24. The van der Waals surface area contributed by atoms with Gasteiger partial charge in [-0.2, -0.15) is 5.10 Å². The molecule has 3 rings (SSSR count). The second-order valence-electron chi connectivity index (χ2n) is 6.95. The van der Waals surface area contributed by atoms with Gasteiger partial charge in [0.15, 0.2) is 11.5 Å². The van der Waals surface area contributed by atoms with Crippen molar-refractivity contribution in [2.24, 2.45) is 0 Å². The van der Waals surface area contributed by atoms with Gasteiger partial charge in [0.05, 0.1) is 50.0 Å². The number of H-pyrrole nitrogens is 1. The number of ether oxygens (including phenoxy) is 3. The molecule has 2 heterocycles. The number of hydrogen-bond donors (Lipinski definition) is 1. The molecule has 7 nitrogen and oxygen atoms in total. The van der Waals surface area contributed by atoms with E-state index in [9.17, 15) is 0 Å². The van der Waals surface area contributed by atoms with Crippen LogP contribution in [0.25, 0.3) is 11.3 Å². The summed E-state index contributed by atoms with van der Waals surface area (Å²) in [7, 11) is 6.93. The van der Waals surface area contributed by atoms with Crippen LogP contribution in [0.2, 0.25) is 0 Å². The lowest BCUT2D eigenvalue weighted by molar-refractivity contribution is 0.249. The molecule has 0 fully saturated rings. The third kappa shape index (κ3) is 4.23. The summed E-state index contributed by atoms with van der Waals surface area (Å²) < 4.78 is 16.4. The van der Waals surface area contributed by atoms with Crippen molar-refractivity contribution in [2.45, 2.75) is 33.4 Å². The summed E-state index contributed by atoms with van der Waals surface area (Å²) in [6, 6.07) is 4.05. The Morgan fingerprint density at radius 1 is 1.10 bits per heavy atom. The topological polar surface area (TPSA) is 72.5 Å². The van der Waals surface area contributed by atoms with E-state index >= 15 is 0 Å². The molecule has 1 N–H and O–H groups in total. The van der Waals surface area contributed by atoms with Crippen molar-refractivity contribution in [2.75, 3.05) is 28.4 Å². The highest BCUT2D eigenvalue weighted by molar-refractivity contribution is 7.11. The van der Waals surface area contributed by atoms with Crippen LogP contribution in [0.15, 0.2) is 18.3 Å². The number of nitrogens with zero attached hydrogens (tertiary/aromatic N) is 3. The van der Waals surface area contributed by atoms with Crippen LogP contribution in [0.5, 0.6) is 17.2 Å². The molecule has 3 aromatic rings. The van der Waals surface area contributed by atoms with Crippen molar-refractivity contribution in [3.05, 3.63) is 39.5 Å². The number of benzene rings is 1. The van der Waals surface area contributed by atoms with Crippen LogP contribution in [0, 0.1) is 13.8 Å². The second kappa shape index (κ2) is 8.84. The van der Waals surface area contributed by atoms with E-state index in [1.165, 1.54) is 4.88 Å². The maximum absolute atomic E-state index is 5.49. The molecule has 156 valence electrons. The Morgan fingerprint density at radius 2 is 1.76 bits per heavy atom. The molecule has 0 unspecified atom stereocenters. The predicted molar refractivity (Wildman–Crippen MR) is 115 cm³/mol. The molecule has 0 spiro atoms. The average molecular weight is 417 g/mol. The number of rotatable bonds is 8. The van der Waals surface area contributed by atoms with Gasteiger partial charge in [0.2, 0.25) is 5.75 Å². The van der Waals surface area contributed by atoms with E-state index in [4.69, 9.17) is 19.2 Å². The lowest BCUT2D eigenvalue weighted by Crippen LogP contribution is -2.22. The molecule has 1 atom stereocenters. The van der Waals surface area contributed by atoms with Gasteiger partial charge in [-0.25, -0.2) is 4.98 Å². The van der Waals surface area contributed by atoms with E-state index in [2.05, 4.69) is 36.0 Å². The monoisotopic (exact) mass is 416 g/mol. The molecule has 1 aromatic carbocycles. The first kappa shape index (κ1) is 21.1. The molecular formula is C21H28N4O3S. The Morgan fingerprint density at radius 3 is 2.28 bits per heavy atom. The Hall–Kier alpha value is -2.58. The number of aromatic nitrogens is 3. The zero-order valence-electron chi connectivity index (χ0n) is 18.0. The molecule has 29 heavy (non-hydrogen) atoms. The number of aromatic amines is 1. The normalized spacial score (nSPS) is 12.3. The Bertz CT molecular complexity index is 957. The molecule has 0 amide bonds. The first-order chi connectivity index (χ1) is 13.9. The third-order valence-electron chi connectivity index (χ3n) is 5.09. The van der Waals surface area contributed by atoms with E-state index in [0.29, 0.717) is 17.2 Å². The van der Waals surface area contributed by atoms with Gasteiger partial charge in [0.25, 0.3) is 0 Å². The summed E-state index contributed by atoms with van der Waals surface area (Å²) in [5.41, 5.74) is 4.06. The number of hydrogen-bond acceptors (Lipinski definition) is 7. The van der Waals surface area contributed by atoms with E-state index < -0.39 is 0 Å². The zero-order chi connectivity index (χ0) is 21.1. The minimum Gasteiger partial charge on any atom is -0.493 e. The fourth-order valence-corrected chi connectivity index (χ4v) is 4.36. The van der Waals surface area contributed by atoms with Crippen molar-refractivity contribution in [1.29, 1.82) is 0 Å². The molecule has 2 aromatic heterocycles. The van der Waals surface area contributed by atoms with Gasteiger partial charge in [0, 0.05) is 22.5 Å². The van der Waals surface area contributed by atoms with Crippen LogP contribution in [0.4, 0.5) is 0 Å². The maximum atomic E-state index is 5.49. The van der Waals surface area contributed by atoms with Crippen molar-refractivity contribution in [3.8, 4) is 28.5 Å². The molecule has 0 bridgehead atoms. The minimum absolute atomic E-state index is 0.197. The van der Waals surface area contributed by atoms with Gasteiger partial charge in [-0.05, 0) is 40.0 Å². The summed E-state index contributed by atoms with van der Waals surface area (Å²) in [6.07, 6.45) is 1.86.